The summed E-state index contributed by atoms with van der Waals surface area (Å²) in [5.74, 6) is 0. The molecule has 2 aromatic heterocycles. The number of fused-ring (bicyclic) bond motifs is 6. The van der Waals surface area contributed by atoms with Gasteiger partial charge in [-0.1, -0.05) is 146 Å². The Kier molecular flexibility index (Phi) is 9.44. The highest BCUT2D eigenvalue weighted by molar-refractivity contribution is 6.17. The summed E-state index contributed by atoms with van der Waals surface area (Å²) >= 11 is 0. The van der Waals surface area contributed by atoms with Gasteiger partial charge in [-0.2, -0.15) is 0 Å². The quantitative estimate of drug-likeness (QED) is 0.0933. The molecule has 4 heteroatoms. The number of hydrogen-bond donors (Lipinski definition) is 0. The fourth-order valence-electron chi connectivity index (χ4n) is 8.35. The Morgan fingerprint density at radius 2 is 1.28 bits per heavy atom. The molecule has 1 unspecified atom stereocenters. The maximum atomic E-state index is 5.18. The first kappa shape index (κ1) is 35.4. The van der Waals surface area contributed by atoms with Gasteiger partial charge in [0.2, 0.25) is 0 Å². The van der Waals surface area contributed by atoms with E-state index in [1.807, 2.05) is 6.07 Å². The third-order valence-corrected chi connectivity index (χ3v) is 11.4. The van der Waals surface area contributed by atoms with Gasteiger partial charge in [0.05, 0.1) is 22.3 Å². The summed E-state index contributed by atoms with van der Waals surface area (Å²) in [5.41, 5.74) is 14.2. The summed E-state index contributed by atoms with van der Waals surface area (Å²) in [5, 5.41) is 5.06. The smallest absolute Gasteiger partial charge is 0.165 e. The van der Waals surface area contributed by atoms with Crippen molar-refractivity contribution in [1.29, 1.82) is 0 Å². The van der Waals surface area contributed by atoms with E-state index in [1.165, 1.54) is 60.3 Å². The Labute approximate surface area is 339 Å². The summed E-state index contributed by atoms with van der Waals surface area (Å²) in [6, 6.07) is 50.7. The van der Waals surface area contributed by atoms with Gasteiger partial charge in [-0.3, -0.25) is 9.98 Å². The van der Waals surface area contributed by atoms with E-state index in [9.17, 15) is 0 Å². The third-order valence-electron chi connectivity index (χ3n) is 11.4. The van der Waals surface area contributed by atoms with Crippen LogP contribution in [0.3, 0.4) is 0 Å². The number of para-hydroxylation sites is 2. The number of aliphatic imine (C=N–C) groups is 2. The average Bonchev–Trinajstić information content (AvgIpc) is 3.98. The van der Waals surface area contributed by atoms with Crippen LogP contribution in [0.15, 0.2) is 210 Å². The minimum Gasteiger partial charge on any atom is -0.337 e. The summed E-state index contributed by atoms with van der Waals surface area (Å²) in [6.07, 6.45) is 22.1. The molecule has 0 amide bonds. The molecule has 280 valence electrons. The Morgan fingerprint density at radius 1 is 0.586 bits per heavy atom. The molecule has 6 aromatic carbocycles. The Morgan fingerprint density at radius 3 is 2.09 bits per heavy atom. The van der Waals surface area contributed by atoms with Crippen LogP contribution in [0.2, 0.25) is 0 Å². The second-order valence-electron chi connectivity index (χ2n) is 15.1. The van der Waals surface area contributed by atoms with Crippen molar-refractivity contribution in [2.45, 2.75) is 38.9 Å². The summed E-state index contributed by atoms with van der Waals surface area (Å²) in [6.45, 7) is 2.86. The highest BCUT2D eigenvalue weighted by atomic mass is 15.0. The van der Waals surface area contributed by atoms with E-state index >= 15 is 0 Å². The zero-order chi connectivity index (χ0) is 38.8. The van der Waals surface area contributed by atoms with Crippen molar-refractivity contribution in [3.63, 3.8) is 0 Å². The fourth-order valence-corrected chi connectivity index (χ4v) is 8.35. The maximum Gasteiger partial charge on any atom is 0.165 e. The highest BCUT2D eigenvalue weighted by Gasteiger charge is 2.20. The van der Waals surface area contributed by atoms with Crippen LogP contribution in [0, 0.1) is 0 Å². The zero-order valence-electron chi connectivity index (χ0n) is 32.7. The number of nitrogens with zero attached hydrogens (tertiary/aromatic N) is 4. The summed E-state index contributed by atoms with van der Waals surface area (Å²) in [4.78, 5) is 10.2. The van der Waals surface area contributed by atoms with Gasteiger partial charge in [-0.25, -0.2) is 0 Å². The van der Waals surface area contributed by atoms with Gasteiger partial charge in [0.15, 0.2) is 6.17 Å². The van der Waals surface area contributed by atoms with E-state index < -0.39 is 0 Å². The average molecular weight is 749 g/mol. The fraction of sp³-hybridized carbons (Fsp3) is 0.111. The van der Waals surface area contributed by atoms with Crippen LogP contribution < -0.4 is 0 Å². The molecule has 1 atom stereocenters. The van der Waals surface area contributed by atoms with Crippen LogP contribution in [-0.4, -0.2) is 20.6 Å². The molecule has 1 aliphatic heterocycles. The second kappa shape index (κ2) is 15.5. The molecule has 3 heterocycles. The molecule has 0 radical (unpaired) electrons. The predicted molar refractivity (Wildman–Crippen MR) is 247 cm³/mol. The van der Waals surface area contributed by atoms with E-state index in [-0.39, 0.29) is 6.17 Å². The summed E-state index contributed by atoms with van der Waals surface area (Å²) in [7, 11) is 0. The van der Waals surface area contributed by atoms with E-state index in [1.54, 1.807) is 0 Å². The van der Waals surface area contributed by atoms with Crippen molar-refractivity contribution in [3.05, 3.63) is 211 Å². The van der Waals surface area contributed by atoms with Crippen LogP contribution in [0.1, 0.15) is 43.5 Å². The Hall–Kier alpha value is -7.04. The number of allylic oxidation sites excluding steroid dienone is 10. The predicted octanol–water partition coefficient (Wildman–Crippen LogP) is 13.9. The molecule has 10 rings (SSSR count). The number of aromatic nitrogens is 2. The van der Waals surface area contributed by atoms with Crippen molar-refractivity contribution in [1.82, 2.24) is 9.13 Å². The van der Waals surface area contributed by atoms with E-state index in [4.69, 9.17) is 9.98 Å². The van der Waals surface area contributed by atoms with Gasteiger partial charge < -0.3 is 9.13 Å². The number of hydrogen-bond acceptors (Lipinski definition) is 2. The van der Waals surface area contributed by atoms with Crippen LogP contribution in [0.5, 0.6) is 0 Å². The highest BCUT2D eigenvalue weighted by Crippen LogP contribution is 2.37. The molecular formula is C54H44N4. The molecule has 0 saturated carbocycles. The molecule has 0 saturated heterocycles. The molecule has 0 spiro atoms. The molecule has 0 N–H and O–H groups in total. The van der Waals surface area contributed by atoms with Crippen molar-refractivity contribution < 1.29 is 0 Å². The number of benzene rings is 6. The molecule has 1 aliphatic carbocycles. The van der Waals surface area contributed by atoms with Crippen molar-refractivity contribution in [2.24, 2.45) is 9.98 Å². The van der Waals surface area contributed by atoms with E-state index in [0.717, 1.165) is 47.6 Å². The number of rotatable bonds is 11. The van der Waals surface area contributed by atoms with Crippen molar-refractivity contribution >= 4 is 55.0 Å². The van der Waals surface area contributed by atoms with E-state index in [0.29, 0.717) is 6.42 Å². The van der Waals surface area contributed by atoms with Gasteiger partial charge in [-0.15, -0.1) is 0 Å². The van der Waals surface area contributed by atoms with Crippen LogP contribution in [0.25, 0.3) is 60.4 Å². The zero-order valence-corrected chi connectivity index (χ0v) is 32.7. The Bertz CT molecular complexity index is 3050. The van der Waals surface area contributed by atoms with Crippen molar-refractivity contribution in [2.75, 3.05) is 0 Å². The molecule has 58 heavy (non-hydrogen) atoms. The van der Waals surface area contributed by atoms with Crippen LogP contribution in [-0.2, 0) is 6.54 Å². The summed E-state index contributed by atoms with van der Waals surface area (Å²) < 4.78 is 4.84. The normalized spacial score (nSPS) is 15.9. The third kappa shape index (κ3) is 6.88. The lowest BCUT2D eigenvalue weighted by Gasteiger charge is -2.19. The lowest BCUT2D eigenvalue weighted by molar-refractivity contribution is 0.765. The topological polar surface area (TPSA) is 34.6 Å². The second-order valence-corrected chi connectivity index (χ2v) is 15.1. The monoisotopic (exact) mass is 748 g/mol. The standard InChI is InChI=1S/C54H44N4/c1-2-3-4-10-19-43-37-49(56-54(55-43)40-17-8-5-9-18-40)39-26-30-44(31-27-39)58-51-23-14-12-21-46(51)48-35-41(29-33-52(48)58)42-28-32-47-45-20-11-13-22-50(45)57(53(47)36-42)34-15-6-7-16-38-24-25-38/h2-3,5-24,26-33,35-36,54H,4,25,34,37H2,1H3/b3-2?,15-6?,16-7?,19-10+. The van der Waals surface area contributed by atoms with Gasteiger partial charge in [-0.05, 0) is 96.1 Å². The van der Waals surface area contributed by atoms with Gasteiger partial charge in [0.25, 0.3) is 0 Å². The molecule has 4 nitrogen and oxygen atoms in total. The van der Waals surface area contributed by atoms with Gasteiger partial charge >= 0.3 is 0 Å². The molecule has 0 bridgehead atoms. The largest absolute Gasteiger partial charge is 0.337 e. The minimum absolute atomic E-state index is 0.254. The molecule has 8 aromatic rings. The maximum absolute atomic E-state index is 5.18. The Balaban J connectivity index is 0.997. The lowest BCUT2D eigenvalue weighted by Crippen LogP contribution is -2.16. The first-order valence-electron chi connectivity index (χ1n) is 20.4. The van der Waals surface area contributed by atoms with Crippen LogP contribution in [0.4, 0.5) is 0 Å². The first-order valence-corrected chi connectivity index (χ1v) is 20.4. The van der Waals surface area contributed by atoms with E-state index in [2.05, 4.69) is 204 Å². The van der Waals surface area contributed by atoms with Crippen molar-refractivity contribution in [3.8, 4) is 16.8 Å². The SMILES string of the molecule is CC=CC/C=C/C1=NC(c2ccccc2)N=C(c2ccc(-n3c4ccccc4c4cc(-c5ccc6c7ccccc7n(CC=CC=CC7=CC7)c6c5)ccc43)cc2)C1. The van der Waals surface area contributed by atoms with Crippen LogP contribution >= 0.6 is 0 Å². The molecular weight excluding hydrogens is 705 g/mol. The van der Waals surface area contributed by atoms with Gasteiger partial charge in [0, 0.05) is 51.4 Å². The van der Waals surface area contributed by atoms with Gasteiger partial charge in [0.1, 0.15) is 0 Å². The molecule has 0 fully saturated rings. The first-order chi connectivity index (χ1) is 28.7. The minimum atomic E-state index is -0.254. The molecule has 2 aliphatic rings. The lowest BCUT2D eigenvalue weighted by atomic mass is 10.0.